The SMILES string of the molecule is CCOc1ccc(-c2n[nH]c3c2[C@H](c2ccccc2F)N(c2ccc(Br)cc2)C3=O)cc1. The van der Waals surface area contributed by atoms with Crippen molar-refractivity contribution in [2.75, 3.05) is 11.5 Å². The predicted molar refractivity (Wildman–Crippen MR) is 124 cm³/mol. The van der Waals surface area contributed by atoms with E-state index < -0.39 is 6.04 Å². The zero-order valence-corrected chi connectivity index (χ0v) is 18.8. The third-order valence-corrected chi connectivity index (χ3v) is 6.04. The molecule has 0 aliphatic carbocycles. The number of fused-ring (bicyclic) bond motifs is 1. The summed E-state index contributed by atoms with van der Waals surface area (Å²) in [4.78, 5) is 15.1. The van der Waals surface area contributed by atoms with Crippen molar-refractivity contribution in [2.24, 2.45) is 0 Å². The van der Waals surface area contributed by atoms with Gasteiger partial charge in [-0.05, 0) is 61.5 Å². The number of rotatable bonds is 5. The molecule has 0 saturated carbocycles. The Hall–Kier alpha value is -3.45. The normalized spacial score (nSPS) is 15.2. The van der Waals surface area contributed by atoms with Gasteiger partial charge in [-0.1, -0.05) is 34.1 Å². The van der Waals surface area contributed by atoms with E-state index in [0.717, 1.165) is 15.8 Å². The molecule has 0 fully saturated rings. The predicted octanol–water partition coefficient (Wildman–Crippen LogP) is 6.13. The summed E-state index contributed by atoms with van der Waals surface area (Å²) in [5.41, 5.74) is 3.55. The third-order valence-electron chi connectivity index (χ3n) is 5.51. The van der Waals surface area contributed by atoms with Crippen molar-refractivity contribution in [1.82, 2.24) is 10.2 Å². The fourth-order valence-electron chi connectivity index (χ4n) is 4.10. The molecule has 0 bridgehead atoms. The van der Waals surface area contributed by atoms with Crippen LogP contribution in [0, 0.1) is 5.82 Å². The Kier molecular flexibility index (Phi) is 5.27. The number of carbonyl (C=O) groups excluding carboxylic acids is 1. The van der Waals surface area contributed by atoms with Gasteiger partial charge >= 0.3 is 0 Å². The lowest BCUT2D eigenvalue weighted by molar-refractivity contribution is 0.0988. The van der Waals surface area contributed by atoms with E-state index in [4.69, 9.17) is 4.74 Å². The van der Waals surface area contributed by atoms with Crippen molar-refractivity contribution in [3.8, 4) is 17.0 Å². The molecule has 0 spiro atoms. The topological polar surface area (TPSA) is 58.2 Å². The number of amides is 1. The number of aromatic amines is 1. The van der Waals surface area contributed by atoms with E-state index in [0.29, 0.717) is 34.8 Å². The highest BCUT2D eigenvalue weighted by Gasteiger charge is 2.44. The number of hydrogen-bond acceptors (Lipinski definition) is 3. The highest BCUT2D eigenvalue weighted by Crippen LogP contribution is 2.45. The van der Waals surface area contributed by atoms with Crippen LogP contribution in [-0.2, 0) is 0 Å². The van der Waals surface area contributed by atoms with Crippen molar-refractivity contribution in [3.05, 3.63) is 99.9 Å². The number of ether oxygens (including phenoxy) is 1. The van der Waals surface area contributed by atoms with Gasteiger partial charge < -0.3 is 4.74 Å². The second kappa shape index (κ2) is 8.24. The summed E-state index contributed by atoms with van der Waals surface area (Å²) in [6.45, 7) is 2.50. The smallest absolute Gasteiger partial charge is 0.277 e. The molecular formula is C25H19BrFN3O2. The number of H-pyrrole nitrogens is 1. The van der Waals surface area contributed by atoms with E-state index >= 15 is 4.39 Å². The summed E-state index contributed by atoms with van der Waals surface area (Å²) in [5, 5.41) is 7.34. The van der Waals surface area contributed by atoms with Crippen LogP contribution in [0.5, 0.6) is 5.75 Å². The van der Waals surface area contributed by atoms with Crippen LogP contribution < -0.4 is 9.64 Å². The van der Waals surface area contributed by atoms with Gasteiger partial charge in [-0.25, -0.2) is 4.39 Å². The summed E-state index contributed by atoms with van der Waals surface area (Å²) in [6.07, 6.45) is 0. The van der Waals surface area contributed by atoms with Crippen molar-refractivity contribution < 1.29 is 13.9 Å². The Morgan fingerprint density at radius 3 is 2.47 bits per heavy atom. The highest BCUT2D eigenvalue weighted by atomic mass is 79.9. The van der Waals surface area contributed by atoms with Gasteiger partial charge in [-0.3, -0.25) is 14.8 Å². The first-order chi connectivity index (χ1) is 15.6. The zero-order valence-electron chi connectivity index (χ0n) is 17.2. The molecule has 0 saturated heterocycles. The maximum absolute atomic E-state index is 15.0. The molecular weight excluding hydrogens is 473 g/mol. The number of carbonyl (C=O) groups is 1. The molecule has 5 nitrogen and oxygen atoms in total. The highest BCUT2D eigenvalue weighted by molar-refractivity contribution is 9.10. The van der Waals surface area contributed by atoms with Gasteiger partial charge in [0.15, 0.2) is 0 Å². The lowest BCUT2D eigenvalue weighted by Crippen LogP contribution is -2.29. The molecule has 0 unspecified atom stereocenters. The van der Waals surface area contributed by atoms with Gasteiger partial charge in [0.2, 0.25) is 0 Å². The summed E-state index contributed by atoms with van der Waals surface area (Å²) in [6, 6.07) is 20.8. The molecule has 2 heterocycles. The van der Waals surface area contributed by atoms with E-state index in [1.54, 1.807) is 23.1 Å². The minimum Gasteiger partial charge on any atom is -0.494 e. The molecule has 1 N–H and O–H groups in total. The van der Waals surface area contributed by atoms with Crippen LogP contribution in [-0.4, -0.2) is 22.7 Å². The number of benzene rings is 3. The second-order valence-corrected chi connectivity index (χ2v) is 8.31. The Morgan fingerprint density at radius 2 is 1.78 bits per heavy atom. The van der Waals surface area contributed by atoms with Crippen molar-refractivity contribution in [3.63, 3.8) is 0 Å². The van der Waals surface area contributed by atoms with Crippen LogP contribution in [0.3, 0.4) is 0 Å². The summed E-state index contributed by atoms with van der Waals surface area (Å²) < 4.78 is 21.4. The fraction of sp³-hybridized carbons (Fsp3) is 0.120. The minimum absolute atomic E-state index is 0.250. The van der Waals surface area contributed by atoms with Crippen molar-refractivity contribution >= 4 is 27.5 Å². The van der Waals surface area contributed by atoms with Gasteiger partial charge in [-0.2, -0.15) is 5.10 Å². The van der Waals surface area contributed by atoms with Gasteiger partial charge in [0.1, 0.15) is 17.3 Å². The Morgan fingerprint density at radius 1 is 1.06 bits per heavy atom. The first-order valence-electron chi connectivity index (χ1n) is 10.2. The molecule has 7 heteroatoms. The van der Waals surface area contributed by atoms with Crippen LogP contribution in [0.25, 0.3) is 11.3 Å². The first-order valence-corrected chi connectivity index (χ1v) is 11.0. The average Bonchev–Trinajstić information content (AvgIpc) is 3.35. The number of nitrogens with zero attached hydrogens (tertiary/aromatic N) is 2. The average molecular weight is 492 g/mol. The molecule has 5 rings (SSSR count). The quantitative estimate of drug-likeness (QED) is 0.365. The van der Waals surface area contributed by atoms with Gasteiger partial charge in [0.25, 0.3) is 5.91 Å². The van der Waals surface area contributed by atoms with Gasteiger partial charge in [0.05, 0.1) is 18.3 Å². The minimum atomic E-state index is -0.653. The molecule has 1 amide bonds. The lowest BCUT2D eigenvalue weighted by Gasteiger charge is -2.26. The molecule has 1 atom stereocenters. The molecule has 32 heavy (non-hydrogen) atoms. The molecule has 4 aromatic rings. The Bertz CT molecular complexity index is 1290. The van der Waals surface area contributed by atoms with E-state index in [2.05, 4.69) is 26.1 Å². The maximum atomic E-state index is 15.0. The van der Waals surface area contributed by atoms with Crippen molar-refractivity contribution in [2.45, 2.75) is 13.0 Å². The Labute approximate surface area is 193 Å². The number of hydrogen-bond donors (Lipinski definition) is 1. The summed E-state index contributed by atoms with van der Waals surface area (Å²) in [5.74, 6) is 0.126. The molecule has 1 aliphatic rings. The number of anilines is 1. The molecule has 0 radical (unpaired) electrons. The number of halogens is 2. The fourth-order valence-corrected chi connectivity index (χ4v) is 4.37. The van der Waals surface area contributed by atoms with Gasteiger partial charge in [-0.15, -0.1) is 0 Å². The van der Waals surface area contributed by atoms with E-state index in [-0.39, 0.29) is 11.7 Å². The standard InChI is InChI=1S/C25H19BrFN3O2/c1-2-32-18-13-7-15(8-14-18)22-21-23(29-28-22)25(31)30(17-11-9-16(26)10-12-17)24(21)19-5-3-4-6-20(19)27/h3-14,24H,2H2,1H3,(H,28,29)/t24-/m0/s1. The van der Waals surface area contributed by atoms with Crippen molar-refractivity contribution in [1.29, 1.82) is 0 Å². The maximum Gasteiger partial charge on any atom is 0.277 e. The van der Waals surface area contributed by atoms with Crippen LogP contribution >= 0.6 is 15.9 Å². The number of aromatic nitrogens is 2. The van der Waals surface area contributed by atoms with E-state index in [1.165, 1.54) is 6.07 Å². The van der Waals surface area contributed by atoms with Gasteiger partial charge in [0, 0.05) is 26.9 Å². The van der Waals surface area contributed by atoms with Crippen LogP contribution in [0.4, 0.5) is 10.1 Å². The summed E-state index contributed by atoms with van der Waals surface area (Å²) >= 11 is 3.43. The molecule has 3 aromatic carbocycles. The summed E-state index contributed by atoms with van der Waals surface area (Å²) in [7, 11) is 0. The van der Waals surface area contributed by atoms with E-state index in [1.807, 2.05) is 55.5 Å². The van der Waals surface area contributed by atoms with Crippen LogP contribution in [0.15, 0.2) is 77.3 Å². The van der Waals surface area contributed by atoms with Crippen LogP contribution in [0.2, 0.25) is 0 Å². The first kappa shape index (κ1) is 20.5. The largest absolute Gasteiger partial charge is 0.494 e. The third kappa shape index (κ3) is 3.39. The van der Waals surface area contributed by atoms with E-state index in [9.17, 15) is 4.79 Å². The zero-order chi connectivity index (χ0) is 22.2. The lowest BCUT2D eigenvalue weighted by atomic mass is 9.95. The molecule has 1 aliphatic heterocycles. The second-order valence-electron chi connectivity index (χ2n) is 7.39. The molecule has 160 valence electrons. The molecule has 1 aromatic heterocycles. The monoisotopic (exact) mass is 491 g/mol. The number of nitrogens with one attached hydrogen (secondary N) is 1. The Balaban J connectivity index is 1.68. The van der Waals surface area contributed by atoms with Crippen LogP contribution in [0.1, 0.15) is 34.6 Å².